The predicted octanol–water partition coefficient (Wildman–Crippen LogP) is 4.91. The number of thiophene rings is 1. The first-order chi connectivity index (χ1) is 15.2. The fourth-order valence-electron chi connectivity index (χ4n) is 4.21. The van der Waals surface area contributed by atoms with Crippen LogP contribution in [0.15, 0.2) is 40.7 Å². The van der Waals surface area contributed by atoms with Gasteiger partial charge in [-0.1, -0.05) is 12.1 Å². The average molecular weight is 573 g/mol. The second kappa shape index (κ2) is 13.9. The van der Waals surface area contributed by atoms with E-state index in [1.165, 1.54) is 17.7 Å². The molecule has 0 radical (unpaired) electrons. The summed E-state index contributed by atoms with van der Waals surface area (Å²) in [4.78, 5) is 8.77. The van der Waals surface area contributed by atoms with E-state index in [2.05, 4.69) is 47.0 Å². The van der Waals surface area contributed by atoms with Crippen molar-refractivity contribution in [1.82, 2.24) is 15.5 Å². The molecule has 0 spiro atoms. The lowest BCUT2D eigenvalue weighted by molar-refractivity contribution is 0.125. The van der Waals surface area contributed by atoms with Crippen LogP contribution in [0, 0.1) is 5.92 Å². The van der Waals surface area contributed by atoms with E-state index in [-0.39, 0.29) is 24.0 Å². The third-order valence-corrected chi connectivity index (χ3v) is 6.61. The molecule has 178 valence electrons. The Kier molecular flexibility index (Phi) is 11.6. The van der Waals surface area contributed by atoms with E-state index in [0.29, 0.717) is 25.1 Å². The summed E-state index contributed by atoms with van der Waals surface area (Å²) < 4.78 is 11.1. The molecule has 6 nitrogen and oxygen atoms in total. The normalized spacial score (nSPS) is 19.2. The standard InChI is InChI=1S/C24H36N4O2S.HI/c1-5-25-24(26-16-18-11-12-20(29-4)21(15-18)30-6-2)27-17-19-9-7-13-28(3)23(19)22-10-8-14-31-22;/h8,10-12,14-15,19,23H,5-7,9,13,16-17H2,1-4H3,(H2,25,26,27);1H. The van der Waals surface area contributed by atoms with Gasteiger partial charge in [0.15, 0.2) is 17.5 Å². The SMILES string of the molecule is CCNC(=NCc1ccc(OC)c(OCC)c1)NCC1CCCN(C)C1c1cccs1.I. The van der Waals surface area contributed by atoms with Gasteiger partial charge in [-0.25, -0.2) is 4.99 Å². The molecule has 0 aliphatic carbocycles. The van der Waals surface area contributed by atoms with Crippen LogP contribution in [0.5, 0.6) is 11.5 Å². The van der Waals surface area contributed by atoms with E-state index >= 15 is 0 Å². The fraction of sp³-hybridized carbons (Fsp3) is 0.542. The van der Waals surface area contributed by atoms with E-state index in [0.717, 1.165) is 42.7 Å². The number of methoxy groups -OCH3 is 1. The zero-order valence-corrected chi connectivity index (χ0v) is 22.7. The lowest BCUT2D eigenvalue weighted by Gasteiger charge is -2.39. The summed E-state index contributed by atoms with van der Waals surface area (Å²) in [5.41, 5.74) is 1.09. The molecule has 1 saturated heterocycles. The number of halogens is 1. The summed E-state index contributed by atoms with van der Waals surface area (Å²) in [5.74, 6) is 2.93. The van der Waals surface area contributed by atoms with Gasteiger partial charge >= 0.3 is 0 Å². The Hall–Kier alpha value is -1.52. The number of nitrogens with zero attached hydrogens (tertiary/aromatic N) is 2. The van der Waals surface area contributed by atoms with Crippen molar-refractivity contribution in [3.63, 3.8) is 0 Å². The van der Waals surface area contributed by atoms with Crippen molar-refractivity contribution in [2.75, 3.05) is 40.4 Å². The molecule has 0 bridgehead atoms. The summed E-state index contributed by atoms with van der Waals surface area (Å²) in [6.07, 6.45) is 2.47. The first-order valence-electron chi connectivity index (χ1n) is 11.2. The molecule has 3 rings (SSSR count). The summed E-state index contributed by atoms with van der Waals surface area (Å²) in [5, 5.41) is 9.16. The minimum Gasteiger partial charge on any atom is -0.493 e. The van der Waals surface area contributed by atoms with Crippen molar-refractivity contribution in [2.45, 2.75) is 39.3 Å². The lowest BCUT2D eigenvalue weighted by Crippen LogP contribution is -2.44. The van der Waals surface area contributed by atoms with Crippen LogP contribution >= 0.6 is 35.3 Å². The zero-order chi connectivity index (χ0) is 22.1. The second-order valence-corrected chi connectivity index (χ2v) is 8.82. The zero-order valence-electron chi connectivity index (χ0n) is 19.6. The molecule has 1 fully saturated rings. The van der Waals surface area contributed by atoms with E-state index in [9.17, 15) is 0 Å². The average Bonchev–Trinajstić information content (AvgIpc) is 3.30. The van der Waals surface area contributed by atoms with Gasteiger partial charge in [0.2, 0.25) is 0 Å². The Balaban J connectivity index is 0.00000363. The molecule has 2 N–H and O–H groups in total. The highest BCUT2D eigenvalue weighted by Crippen LogP contribution is 2.36. The van der Waals surface area contributed by atoms with Gasteiger partial charge in [0.25, 0.3) is 0 Å². The molecule has 2 heterocycles. The topological polar surface area (TPSA) is 58.1 Å². The molecule has 1 aromatic heterocycles. The summed E-state index contributed by atoms with van der Waals surface area (Å²) in [6.45, 7) is 8.16. The number of benzene rings is 1. The number of piperidine rings is 1. The van der Waals surface area contributed by atoms with Gasteiger partial charge in [-0.2, -0.15) is 0 Å². The van der Waals surface area contributed by atoms with Gasteiger partial charge in [-0.15, -0.1) is 35.3 Å². The minimum absolute atomic E-state index is 0. The summed E-state index contributed by atoms with van der Waals surface area (Å²) in [6, 6.07) is 10.9. The molecule has 2 aromatic rings. The number of nitrogens with one attached hydrogen (secondary N) is 2. The van der Waals surface area contributed by atoms with Crippen LogP contribution < -0.4 is 20.1 Å². The van der Waals surface area contributed by atoms with Crippen molar-refractivity contribution in [3.05, 3.63) is 46.2 Å². The van der Waals surface area contributed by atoms with Crippen LogP contribution in [-0.2, 0) is 6.54 Å². The third-order valence-electron chi connectivity index (χ3n) is 5.67. The number of aliphatic imine (C=N–C) groups is 1. The number of guanidine groups is 1. The maximum atomic E-state index is 5.70. The number of ether oxygens (including phenoxy) is 2. The van der Waals surface area contributed by atoms with E-state index in [1.807, 2.05) is 36.5 Å². The van der Waals surface area contributed by atoms with Crippen molar-refractivity contribution in [1.29, 1.82) is 0 Å². The van der Waals surface area contributed by atoms with Gasteiger partial charge in [0.05, 0.1) is 20.3 Å². The van der Waals surface area contributed by atoms with Gasteiger partial charge in [0, 0.05) is 24.0 Å². The molecule has 2 unspecified atom stereocenters. The molecule has 32 heavy (non-hydrogen) atoms. The Labute approximate surface area is 213 Å². The molecule has 0 saturated carbocycles. The molecule has 8 heteroatoms. The quantitative estimate of drug-likeness (QED) is 0.254. The smallest absolute Gasteiger partial charge is 0.191 e. The third kappa shape index (κ3) is 7.25. The van der Waals surface area contributed by atoms with Crippen molar-refractivity contribution in [3.8, 4) is 11.5 Å². The van der Waals surface area contributed by atoms with Crippen LogP contribution in [0.1, 0.15) is 43.2 Å². The predicted molar refractivity (Wildman–Crippen MR) is 145 cm³/mol. The van der Waals surface area contributed by atoms with Gasteiger partial charge < -0.3 is 20.1 Å². The van der Waals surface area contributed by atoms with Crippen LogP contribution in [0.3, 0.4) is 0 Å². The van der Waals surface area contributed by atoms with E-state index in [1.54, 1.807) is 7.11 Å². The summed E-state index contributed by atoms with van der Waals surface area (Å²) >= 11 is 1.86. The summed E-state index contributed by atoms with van der Waals surface area (Å²) in [7, 11) is 3.91. The minimum atomic E-state index is 0. The van der Waals surface area contributed by atoms with Gasteiger partial charge in [0.1, 0.15) is 0 Å². The first kappa shape index (κ1) is 26.7. The van der Waals surface area contributed by atoms with E-state index < -0.39 is 0 Å². The lowest BCUT2D eigenvalue weighted by atomic mass is 9.88. The highest BCUT2D eigenvalue weighted by atomic mass is 127. The molecule has 2 atom stereocenters. The molecule has 1 aromatic carbocycles. The van der Waals surface area contributed by atoms with Crippen LogP contribution in [0.2, 0.25) is 0 Å². The largest absolute Gasteiger partial charge is 0.493 e. The van der Waals surface area contributed by atoms with Crippen LogP contribution in [-0.4, -0.2) is 51.3 Å². The molecular weight excluding hydrogens is 535 g/mol. The van der Waals surface area contributed by atoms with E-state index in [4.69, 9.17) is 14.5 Å². The monoisotopic (exact) mass is 572 g/mol. The number of hydrogen-bond donors (Lipinski definition) is 2. The number of rotatable bonds is 9. The second-order valence-electron chi connectivity index (χ2n) is 7.84. The first-order valence-corrected chi connectivity index (χ1v) is 12.1. The van der Waals surface area contributed by atoms with Gasteiger partial charge in [-0.05, 0) is 75.3 Å². The maximum Gasteiger partial charge on any atom is 0.191 e. The molecule has 1 aliphatic heterocycles. The Morgan fingerprint density at radius 2 is 2.06 bits per heavy atom. The Morgan fingerprint density at radius 3 is 2.75 bits per heavy atom. The van der Waals surface area contributed by atoms with Crippen LogP contribution in [0.4, 0.5) is 0 Å². The van der Waals surface area contributed by atoms with Crippen molar-refractivity contribution in [2.24, 2.45) is 10.9 Å². The highest BCUT2D eigenvalue weighted by Gasteiger charge is 2.31. The van der Waals surface area contributed by atoms with Crippen molar-refractivity contribution >= 4 is 41.3 Å². The molecular formula is C24H37IN4O2S. The highest BCUT2D eigenvalue weighted by molar-refractivity contribution is 14.0. The number of likely N-dealkylation sites (tertiary alicyclic amines) is 1. The number of hydrogen-bond acceptors (Lipinski definition) is 5. The molecule has 0 amide bonds. The Morgan fingerprint density at radius 1 is 1.22 bits per heavy atom. The molecule has 1 aliphatic rings. The fourth-order valence-corrected chi connectivity index (χ4v) is 5.19. The van der Waals surface area contributed by atoms with Crippen LogP contribution in [0.25, 0.3) is 0 Å². The van der Waals surface area contributed by atoms with Crippen molar-refractivity contribution < 1.29 is 9.47 Å². The maximum absolute atomic E-state index is 5.70. The van der Waals surface area contributed by atoms with Gasteiger partial charge in [-0.3, -0.25) is 4.90 Å². The Bertz CT molecular complexity index is 831.